The summed E-state index contributed by atoms with van der Waals surface area (Å²) >= 11 is 5.71. The van der Waals surface area contributed by atoms with E-state index in [1.54, 1.807) is 13.1 Å². The quantitative estimate of drug-likeness (QED) is 0.559. The molecule has 0 bridgehead atoms. The number of halogens is 1. The van der Waals surface area contributed by atoms with Crippen LogP contribution in [0.5, 0.6) is 5.75 Å². The van der Waals surface area contributed by atoms with Gasteiger partial charge in [-0.05, 0) is 25.0 Å². The topological polar surface area (TPSA) is 39.2 Å². The van der Waals surface area contributed by atoms with E-state index < -0.39 is 0 Å². The van der Waals surface area contributed by atoms with E-state index in [4.69, 9.17) is 16.3 Å². The second kappa shape index (κ2) is 4.42. The molecule has 0 unspecified atom stereocenters. The average molecular weight is 214 g/mol. The van der Waals surface area contributed by atoms with Crippen molar-refractivity contribution in [2.24, 2.45) is 0 Å². The van der Waals surface area contributed by atoms with Crippen molar-refractivity contribution in [2.45, 2.75) is 26.7 Å². The Balaban J connectivity index is 3.18. The lowest BCUT2D eigenvalue weighted by Crippen LogP contribution is -2.06. The molecule has 3 nitrogen and oxygen atoms in total. The molecular weight excluding hydrogens is 202 g/mol. The molecule has 0 saturated heterocycles. The van der Waals surface area contributed by atoms with Crippen LogP contribution in [-0.4, -0.2) is 11.0 Å². The van der Waals surface area contributed by atoms with Crippen LogP contribution in [0, 0.1) is 13.8 Å². The first-order valence-corrected chi connectivity index (χ1v) is 4.79. The summed E-state index contributed by atoms with van der Waals surface area (Å²) in [5, 5.41) is 0. The van der Waals surface area contributed by atoms with Crippen LogP contribution in [0.15, 0.2) is 6.20 Å². The van der Waals surface area contributed by atoms with Crippen molar-refractivity contribution in [3.8, 4) is 5.75 Å². The van der Waals surface area contributed by atoms with Crippen molar-refractivity contribution in [1.29, 1.82) is 0 Å². The third-order valence-electron chi connectivity index (χ3n) is 1.95. The maximum atomic E-state index is 10.8. The SMILES string of the molecule is CC(=O)Oc1c(C)ncc(CCl)c1C. The number of hydrogen-bond acceptors (Lipinski definition) is 3. The van der Waals surface area contributed by atoms with E-state index in [0.717, 1.165) is 11.1 Å². The van der Waals surface area contributed by atoms with E-state index in [0.29, 0.717) is 17.3 Å². The van der Waals surface area contributed by atoms with Crippen molar-refractivity contribution in [1.82, 2.24) is 4.98 Å². The van der Waals surface area contributed by atoms with Crippen molar-refractivity contribution in [3.63, 3.8) is 0 Å². The first kappa shape index (κ1) is 11.0. The molecule has 0 saturated carbocycles. The van der Waals surface area contributed by atoms with Gasteiger partial charge in [-0.15, -0.1) is 11.6 Å². The molecule has 76 valence electrons. The molecule has 0 atom stereocenters. The predicted octanol–water partition coefficient (Wildman–Crippen LogP) is 2.36. The van der Waals surface area contributed by atoms with Crippen molar-refractivity contribution in [3.05, 3.63) is 23.0 Å². The Morgan fingerprint density at radius 3 is 2.71 bits per heavy atom. The molecule has 0 spiro atoms. The number of aryl methyl sites for hydroxylation is 1. The number of carbonyl (C=O) groups excluding carboxylic acids is 1. The highest BCUT2D eigenvalue weighted by molar-refractivity contribution is 6.17. The van der Waals surface area contributed by atoms with Gasteiger partial charge >= 0.3 is 5.97 Å². The largest absolute Gasteiger partial charge is 0.424 e. The molecule has 0 aliphatic carbocycles. The maximum absolute atomic E-state index is 10.8. The van der Waals surface area contributed by atoms with Crippen LogP contribution < -0.4 is 4.74 Å². The van der Waals surface area contributed by atoms with E-state index in [1.807, 2.05) is 6.92 Å². The van der Waals surface area contributed by atoms with Gasteiger partial charge < -0.3 is 4.74 Å². The monoisotopic (exact) mass is 213 g/mol. The van der Waals surface area contributed by atoms with Crippen LogP contribution >= 0.6 is 11.6 Å². The molecule has 0 N–H and O–H groups in total. The second-order valence-corrected chi connectivity index (χ2v) is 3.32. The molecular formula is C10H12ClNO2. The van der Waals surface area contributed by atoms with Gasteiger partial charge in [0.2, 0.25) is 0 Å². The van der Waals surface area contributed by atoms with Crippen LogP contribution in [0.1, 0.15) is 23.7 Å². The Morgan fingerprint density at radius 2 is 2.21 bits per heavy atom. The molecule has 4 heteroatoms. The van der Waals surface area contributed by atoms with Crippen molar-refractivity contribution < 1.29 is 9.53 Å². The molecule has 1 aromatic heterocycles. The highest BCUT2D eigenvalue weighted by atomic mass is 35.5. The van der Waals surface area contributed by atoms with Gasteiger partial charge in [0, 0.05) is 19.0 Å². The number of carbonyl (C=O) groups is 1. The first-order chi connectivity index (χ1) is 6.56. The number of alkyl halides is 1. The molecule has 0 aliphatic rings. The normalized spacial score (nSPS) is 10.0. The lowest BCUT2D eigenvalue weighted by atomic mass is 10.1. The third kappa shape index (κ3) is 2.23. The molecule has 14 heavy (non-hydrogen) atoms. The Bertz CT molecular complexity index is 363. The van der Waals surface area contributed by atoms with Gasteiger partial charge in [-0.1, -0.05) is 0 Å². The number of hydrogen-bond donors (Lipinski definition) is 0. The number of rotatable bonds is 2. The van der Waals surface area contributed by atoms with Crippen molar-refractivity contribution >= 4 is 17.6 Å². The number of pyridine rings is 1. The molecule has 0 aromatic carbocycles. The molecule has 0 fully saturated rings. The summed E-state index contributed by atoms with van der Waals surface area (Å²) in [4.78, 5) is 14.9. The standard InChI is InChI=1S/C10H12ClNO2/c1-6-9(4-11)5-12-7(2)10(6)14-8(3)13/h5H,4H2,1-3H3. The van der Waals surface area contributed by atoms with Gasteiger partial charge in [-0.2, -0.15) is 0 Å². The molecule has 1 heterocycles. The maximum Gasteiger partial charge on any atom is 0.308 e. The van der Waals surface area contributed by atoms with Crippen LogP contribution in [0.25, 0.3) is 0 Å². The number of ether oxygens (including phenoxy) is 1. The van der Waals surface area contributed by atoms with Crippen molar-refractivity contribution in [2.75, 3.05) is 0 Å². The van der Waals surface area contributed by atoms with E-state index in [2.05, 4.69) is 4.98 Å². The molecule has 0 radical (unpaired) electrons. The van der Waals surface area contributed by atoms with Gasteiger partial charge in [0.15, 0.2) is 5.75 Å². The highest BCUT2D eigenvalue weighted by Crippen LogP contribution is 2.25. The highest BCUT2D eigenvalue weighted by Gasteiger charge is 2.11. The number of nitrogens with zero attached hydrogens (tertiary/aromatic N) is 1. The minimum atomic E-state index is -0.343. The Labute approximate surface area is 88.1 Å². The van der Waals surface area contributed by atoms with Crippen LogP contribution in [-0.2, 0) is 10.7 Å². The van der Waals surface area contributed by atoms with E-state index >= 15 is 0 Å². The number of aromatic nitrogens is 1. The van der Waals surface area contributed by atoms with E-state index in [9.17, 15) is 4.79 Å². The van der Waals surface area contributed by atoms with Gasteiger partial charge in [-0.25, -0.2) is 0 Å². The fourth-order valence-corrected chi connectivity index (χ4v) is 1.45. The van der Waals surface area contributed by atoms with Gasteiger partial charge in [-0.3, -0.25) is 9.78 Å². The Morgan fingerprint density at radius 1 is 1.57 bits per heavy atom. The van der Waals surface area contributed by atoms with Crippen LogP contribution in [0.2, 0.25) is 0 Å². The van der Waals surface area contributed by atoms with Crippen LogP contribution in [0.4, 0.5) is 0 Å². The Hall–Kier alpha value is -1.09. The molecule has 1 aromatic rings. The van der Waals surface area contributed by atoms with E-state index in [-0.39, 0.29) is 5.97 Å². The minimum Gasteiger partial charge on any atom is -0.424 e. The lowest BCUT2D eigenvalue weighted by molar-refractivity contribution is -0.132. The van der Waals surface area contributed by atoms with Crippen LogP contribution in [0.3, 0.4) is 0 Å². The van der Waals surface area contributed by atoms with E-state index in [1.165, 1.54) is 6.92 Å². The molecule has 1 rings (SSSR count). The summed E-state index contributed by atoms with van der Waals surface area (Å²) in [6.07, 6.45) is 1.70. The molecule has 0 aliphatic heterocycles. The summed E-state index contributed by atoms with van der Waals surface area (Å²) in [6.45, 7) is 5.03. The average Bonchev–Trinajstić information content (AvgIpc) is 2.12. The van der Waals surface area contributed by atoms with Gasteiger partial charge in [0.1, 0.15) is 0 Å². The summed E-state index contributed by atoms with van der Waals surface area (Å²) in [5.41, 5.74) is 2.46. The summed E-state index contributed by atoms with van der Waals surface area (Å²) in [7, 11) is 0. The Kier molecular flexibility index (Phi) is 3.47. The fraction of sp³-hybridized carbons (Fsp3) is 0.400. The lowest BCUT2D eigenvalue weighted by Gasteiger charge is -2.10. The summed E-state index contributed by atoms with van der Waals surface area (Å²) in [5.74, 6) is 0.549. The molecule has 0 amide bonds. The minimum absolute atomic E-state index is 0.343. The third-order valence-corrected chi connectivity index (χ3v) is 2.24. The van der Waals surface area contributed by atoms with Gasteiger partial charge in [0.25, 0.3) is 0 Å². The zero-order valence-corrected chi connectivity index (χ0v) is 9.18. The summed E-state index contributed by atoms with van der Waals surface area (Å²) in [6, 6.07) is 0. The predicted molar refractivity (Wildman–Crippen MR) is 54.6 cm³/mol. The fourth-order valence-electron chi connectivity index (χ4n) is 1.18. The summed E-state index contributed by atoms with van der Waals surface area (Å²) < 4.78 is 5.06. The zero-order chi connectivity index (χ0) is 10.7. The first-order valence-electron chi connectivity index (χ1n) is 4.25. The smallest absolute Gasteiger partial charge is 0.308 e. The zero-order valence-electron chi connectivity index (χ0n) is 8.43. The second-order valence-electron chi connectivity index (χ2n) is 3.05. The van der Waals surface area contributed by atoms with Gasteiger partial charge in [0.05, 0.1) is 5.69 Å². The number of esters is 1.